The van der Waals surface area contributed by atoms with Crippen LogP contribution in [0.25, 0.3) is 0 Å². The molecule has 1 unspecified atom stereocenters. The van der Waals surface area contributed by atoms with Crippen LogP contribution in [0.2, 0.25) is 0 Å². The largest absolute Gasteiger partial charge is 0.418 e. The molecule has 2 heterocycles. The Morgan fingerprint density at radius 1 is 0.953 bits per heavy atom. The fraction of sp³-hybridized carbons (Fsp3) is 0.606. The third kappa shape index (κ3) is 10.3. The van der Waals surface area contributed by atoms with Gasteiger partial charge in [0, 0.05) is 81.9 Å². The standard InChI is InChI=1S/C30H42F3N5O.C2H6.CH4O/c1-21(20-36-15-17-37(18-16-36)25-8-5-22(6-9-25)29(2,3)4)28(39)38-13-11-23(12-14-38)35-24-7-10-27(34)26(19-24)30(31,32)33;2*1-2/h5-10,19,21,23,35H,11-18,20,34H2,1-4H3;1-2H3;2H,1H3. The molecule has 2 aromatic carbocycles. The number of amides is 1. The van der Waals surface area contributed by atoms with Gasteiger partial charge >= 0.3 is 6.18 Å². The summed E-state index contributed by atoms with van der Waals surface area (Å²) in [6.07, 6.45) is -3.11. The van der Waals surface area contributed by atoms with Crippen molar-refractivity contribution in [2.24, 2.45) is 5.92 Å². The summed E-state index contributed by atoms with van der Waals surface area (Å²) in [5, 5.41) is 10.2. The summed E-state index contributed by atoms with van der Waals surface area (Å²) in [7, 11) is 1.00. The molecule has 7 nitrogen and oxygen atoms in total. The van der Waals surface area contributed by atoms with Gasteiger partial charge in [0.25, 0.3) is 0 Å². The molecule has 2 aliphatic rings. The highest BCUT2D eigenvalue weighted by molar-refractivity contribution is 5.79. The van der Waals surface area contributed by atoms with Gasteiger partial charge in [0.05, 0.1) is 5.56 Å². The zero-order valence-electron chi connectivity index (χ0n) is 27.0. The smallest absolute Gasteiger partial charge is 0.400 e. The molecule has 242 valence electrons. The van der Waals surface area contributed by atoms with Crippen LogP contribution in [0.5, 0.6) is 0 Å². The summed E-state index contributed by atoms with van der Waals surface area (Å²) in [4.78, 5) is 19.8. The van der Waals surface area contributed by atoms with Crippen molar-refractivity contribution in [1.82, 2.24) is 9.80 Å². The number of alkyl halides is 3. The minimum atomic E-state index is -4.49. The number of nitrogens with zero attached hydrogens (tertiary/aromatic N) is 3. The molecule has 0 bridgehead atoms. The first-order valence-electron chi connectivity index (χ1n) is 15.4. The van der Waals surface area contributed by atoms with Gasteiger partial charge in [-0.25, -0.2) is 0 Å². The Labute approximate surface area is 256 Å². The van der Waals surface area contributed by atoms with Crippen molar-refractivity contribution in [2.45, 2.75) is 72.0 Å². The lowest BCUT2D eigenvalue weighted by atomic mass is 9.87. The number of carbonyl (C=O) groups is 1. The van der Waals surface area contributed by atoms with Gasteiger partial charge in [-0.05, 0) is 54.2 Å². The first kappa shape index (κ1) is 36.2. The van der Waals surface area contributed by atoms with Crippen molar-refractivity contribution in [1.29, 1.82) is 0 Å². The van der Waals surface area contributed by atoms with Gasteiger partial charge < -0.3 is 26.0 Å². The molecule has 2 saturated heterocycles. The Morgan fingerprint density at radius 3 is 2.02 bits per heavy atom. The Kier molecular flexibility index (Phi) is 13.6. The molecule has 0 saturated carbocycles. The molecule has 2 fully saturated rings. The molecule has 0 aromatic heterocycles. The second kappa shape index (κ2) is 16.2. The van der Waals surface area contributed by atoms with Crippen LogP contribution in [0.4, 0.5) is 30.2 Å². The van der Waals surface area contributed by atoms with Crippen LogP contribution in [0.1, 0.15) is 65.5 Å². The fourth-order valence-electron chi connectivity index (χ4n) is 5.51. The van der Waals surface area contributed by atoms with E-state index in [-0.39, 0.29) is 29.0 Å². The van der Waals surface area contributed by atoms with E-state index in [9.17, 15) is 18.0 Å². The number of halogens is 3. The van der Waals surface area contributed by atoms with E-state index >= 15 is 0 Å². The average Bonchev–Trinajstić information content (AvgIpc) is 2.99. The fourth-order valence-corrected chi connectivity index (χ4v) is 5.51. The Bertz CT molecular complexity index is 1120. The number of carbonyl (C=O) groups excluding carboxylic acids is 1. The zero-order chi connectivity index (χ0) is 32.4. The van der Waals surface area contributed by atoms with Crippen LogP contribution in [-0.4, -0.2) is 79.8 Å². The van der Waals surface area contributed by atoms with Crippen LogP contribution in [0.15, 0.2) is 42.5 Å². The van der Waals surface area contributed by atoms with Crippen LogP contribution in [0, 0.1) is 5.92 Å². The van der Waals surface area contributed by atoms with E-state index in [1.165, 1.54) is 17.3 Å². The summed E-state index contributed by atoms with van der Waals surface area (Å²) in [5.74, 6) is 0.0547. The average molecular weight is 608 g/mol. The van der Waals surface area contributed by atoms with Gasteiger partial charge in [-0.3, -0.25) is 9.69 Å². The first-order valence-corrected chi connectivity index (χ1v) is 15.4. The number of nitrogen functional groups attached to an aromatic ring is 1. The van der Waals surface area contributed by atoms with E-state index in [1.807, 2.05) is 25.7 Å². The van der Waals surface area contributed by atoms with Gasteiger partial charge in [-0.2, -0.15) is 13.2 Å². The van der Waals surface area contributed by atoms with Crippen molar-refractivity contribution < 1.29 is 23.1 Å². The van der Waals surface area contributed by atoms with Crippen LogP contribution >= 0.6 is 0 Å². The molecule has 1 amide bonds. The molecular formula is C33H52F3N5O2. The van der Waals surface area contributed by atoms with Crippen molar-refractivity contribution in [3.8, 4) is 0 Å². The monoisotopic (exact) mass is 607 g/mol. The lowest BCUT2D eigenvalue weighted by Gasteiger charge is -2.38. The normalized spacial score (nSPS) is 17.3. The molecular weight excluding hydrogens is 555 g/mol. The molecule has 0 aliphatic carbocycles. The molecule has 0 radical (unpaired) electrons. The third-order valence-electron chi connectivity index (χ3n) is 7.96. The summed E-state index contributed by atoms with van der Waals surface area (Å²) >= 11 is 0. The highest BCUT2D eigenvalue weighted by Gasteiger charge is 2.34. The van der Waals surface area contributed by atoms with E-state index < -0.39 is 11.7 Å². The molecule has 1 atom stereocenters. The summed E-state index contributed by atoms with van der Waals surface area (Å²) < 4.78 is 39.5. The van der Waals surface area contributed by atoms with E-state index in [1.54, 1.807) is 6.07 Å². The molecule has 10 heteroatoms. The molecule has 2 aliphatic heterocycles. The lowest BCUT2D eigenvalue weighted by Crippen LogP contribution is -2.50. The van der Waals surface area contributed by atoms with Crippen LogP contribution in [0.3, 0.4) is 0 Å². The number of nitrogens with two attached hydrogens (primary N) is 1. The quantitative estimate of drug-likeness (QED) is 0.345. The van der Waals surface area contributed by atoms with E-state index in [0.717, 1.165) is 45.9 Å². The highest BCUT2D eigenvalue weighted by Crippen LogP contribution is 2.35. The Hall–Kier alpha value is -2.98. The summed E-state index contributed by atoms with van der Waals surface area (Å²) in [5.41, 5.74) is 7.53. The van der Waals surface area contributed by atoms with Crippen molar-refractivity contribution in [3.63, 3.8) is 0 Å². The molecule has 4 N–H and O–H groups in total. The first-order chi connectivity index (χ1) is 20.3. The van der Waals surface area contributed by atoms with Crippen molar-refractivity contribution >= 4 is 23.0 Å². The van der Waals surface area contributed by atoms with E-state index in [0.29, 0.717) is 31.6 Å². The van der Waals surface area contributed by atoms with Gasteiger partial charge in [0.2, 0.25) is 5.91 Å². The third-order valence-corrected chi connectivity index (χ3v) is 7.96. The second-order valence-corrected chi connectivity index (χ2v) is 12.0. The maximum Gasteiger partial charge on any atom is 0.418 e. The Balaban J connectivity index is 0.00000155. The number of piperidine rings is 1. The number of hydrogen-bond donors (Lipinski definition) is 3. The number of hydrogen-bond acceptors (Lipinski definition) is 6. The summed E-state index contributed by atoms with van der Waals surface area (Å²) in [6, 6.07) is 12.8. The lowest BCUT2D eigenvalue weighted by molar-refractivity contribution is -0.137. The number of anilines is 3. The number of piperazine rings is 1. The molecule has 43 heavy (non-hydrogen) atoms. The highest BCUT2D eigenvalue weighted by atomic mass is 19.4. The van der Waals surface area contributed by atoms with Gasteiger partial charge in [-0.1, -0.05) is 53.7 Å². The second-order valence-electron chi connectivity index (χ2n) is 12.0. The maximum absolute atomic E-state index is 13.2. The topological polar surface area (TPSA) is 85.1 Å². The van der Waals surface area contributed by atoms with Crippen molar-refractivity contribution in [2.75, 3.05) is 68.9 Å². The van der Waals surface area contributed by atoms with Crippen LogP contribution < -0.4 is 16.0 Å². The molecule has 0 spiro atoms. The van der Waals surface area contributed by atoms with Gasteiger partial charge in [-0.15, -0.1) is 0 Å². The van der Waals surface area contributed by atoms with E-state index in [2.05, 4.69) is 60.2 Å². The Morgan fingerprint density at radius 2 is 1.51 bits per heavy atom. The predicted molar refractivity (Wildman–Crippen MR) is 172 cm³/mol. The van der Waals surface area contributed by atoms with E-state index in [4.69, 9.17) is 10.8 Å². The van der Waals surface area contributed by atoms with Crippen LogP contribution in [-0.2, 0) is 16.4 Å². The minimum absolute atomic E-state index is 0.0135. The molecule has 2 aromatic rings. The molecule has 4 rings (SSSR count). The minimum Gasteiger partial charge on any atom is -0.400 e. The number of rotatable bonds is 6. The maximum atomic E-state index is 13.2. The number of nitrogens with one attached hydrogen (secondary N) is 1. The number of aliphatic hydroxyl groups excluding tert-OH is 1. The number of aliphatic hydroxyl groups is 1. The number of likely N-dealkylation sites (tertiary alicyclic amines) is 1. The SMILES string of the molecule is CC.CC(CN1CCN(c2ccc(C(C)(C)C)cc2)CC1)C(=O)N1CCC(Nc2ccc(N)c(C(F)(F)F)c2)CC1.CO. The zero-order valence-corrected chi connectivity index (χ0v) is 27.0. The van der Waals surface area contributed by atoms with Gasteiger partial charge in [0.1, 0.15) is 0 Å². The summed E-state index contributed by atoms with van der Waals surface area (Å²) in [6.45, 7) is 18.3. The van der Waals surface area contributed by atoms with Crippen molar-refractivity contribution in [3.05, 3.63) is 53.6 Å². The number of benzene rings is 2. The van der Waals surface area contributed by atoms with Gasteiger partial charge in [0.15, 0.2) is 0 Å². The predicted octanol–water partition coefficient (Wildman–Crippen LogP) is 6.08.